The van der Waals surface area contributed by atoms with E-state index in [4.69, 9.17) is 11.6 Å². The summed E-state index contributed by atoms with van der Waals surface area (Å²) in [4.78, 5) is 1.29. The van der Waals surface area contributed by atoms with Crippen molar-refractivity contribution in [2.24, 2.45) is 5.92 Å². The van der Waals surface area contributed by atoms with E-state index < -0.39 is 0 Å². The van der Waals surface area contributed by atoms with Crippen molar-refractivity contribution >= 4 is 22.9 Å². The molecule has 1 aromatic carbocycles. The summed E-state index contributed by atoms with van der Waals surface area (Å²) in [5.74, 6) is 0.671. The van der Waals surface area contributed by atoms with Crippen molar-refractivity contribution in [1.82, 2.24) is 5.32 Å². The molecule has 0 amide bonds. The van der Waals surface area contributed by atoms with Crippen LogP contribution in [0.5, 0.6) is 0 Å². The van der Waals surface area contributed by atoms with E-state index in [1.54, 1.807) is 11.3 Å². The van der Waals surface area contributed by atoms with E-state index in [1.165, 1.54) is 10.4 Å². The summed E-state index contributed by atoms with van der Waals surface area (Å²) in [7, 11) is 0. The standard InChI is InChI=1S/C16H20ClNS/c1-12(2)8-16(13-6-4-3-5-7-13)18-10-15-9-14(17)11-19-15/h3-7,9,11-12,16,18H,8,10H2,1-2H3. The molecule has 1 aromatic heterocycles. The van der Waals surface area contributed by atoms with Crippen LogP contribution >= 0.6 is 22.9 Å². The lowest BCUT2D eigenvalue weighted by atomic mass is 9.97. The Morgan fingerprint density at radius 1 is 1.21 bits per heavy atom. The molecule has 1 unspecified atom stereocenters. The van der Waals surface area contributed by atoms with Gasteiger partial charge >= 0.3 is 0 Å². The Hall–Kier alpha value is -0.830. The molecule has 1 atom stereocenters. The molecule has 0 radical (unpaired) electrons. The molecule has 0 spiro atoms. The number of hydrogen-bond acceptors (Lipinski definition) is 2. The molecule has 0 saturated carbocycles. The topological polar surface area (TPSA) is 12.0 Å². The van der Waals surface area contributed by atoms with Gasteiger partial charge in [-0.25, -0.2) is 0 Å². The molecule has 0 aliphatic heterocycles. The van der Waals surface area contributed by atoms with Gasteiger partial charge < -0.3 is 5.32 Å². The second kappa shape index (κ2) is 7.09. The average molecular weight is 294 g/mol. The minimum Gasteiger partial charge on any atom is -0.305 e. The van der Waals surface area contributed by atoms with Crippen molar-refractivity contribution < 1.29 is 0 Å². The van der Waals surface area contributed by atoms with Crippen LogP contribution in [-0.2, 0) is 6.54 Å². The summed E-state index contributed by atoms with van der Waals surface area (Å²) in [6.45, 7) is 5.41. The molecule has 1 N–H and O–H groups in total. The highest BCUT2D eigenvalue weighted by Crippen LogP contribution is 2.24. The maximum absolute atomic E-state index is 5.96. The third kappa shape index (κ3) is 4.64. The van der Waals surface area contributed by atoms with E-state index in [0.717, 1.165) is 18.0 Å². The third-order valence-corrected chi connectivity index (χ3v) is 4.34. The van der Waals surface area contributed by atoms with Crippen molar-refractivity contribution in [3.8, 4) is 0 Å². The van der Waals surface area contributed by atoms with Gasteiger partial charge in [-0.3, -0.25) is 0 Å². The van der Waals surface area contributed by atoms with E-state index in [9.17, 15) is 0 Å². The fraction of sp³-hybridized carbons (Fsp3) is 0.375. The summed E-state index contributed by atoms with van der Waals surface area (Å²) < 4.78 is 0. The zero-order valence-electron chi connectivity index (χ0n) is 11.4. The largest absolute Gasteiger partial charge is 0.305 e. The predicted molar refractivity (Wildman–Crippen MR) is 84.8 cm³/mol. The van der Waals surface area contributed by atoms with E-state index in [0.29, 0.717) is 12.0 Å². The minimum absolute atomic E-state index is 0.405. The van der Waals surface area contributed by atoms with E-state index in [2.05, 4.69) is 49.5 Å². The van der Waals surface area contributed by atoms with Gasteiger partial charge in [0.2, 0.25) is 0 Å². The molecule has 0 aliphatic rings. The molecular formula is C16H20ClNS. The minimum atomic E-state index is 0.405. The van der Waals surface area contributed by atoms with Gasteiger partial charge in [-0.1, -0.05) is 55.8 Å². The van der Waals surface area contributed by atoms with Crippen LogP contribution in [0.2, 0.25) is 5.02 Å². The lowest BCUT2D eigenvalue weighted by molar-refractivity contribution is 0.430. The molecule has 102 valence electrons. The Morgan fingerprint density at radius 2 is 1.95 bits per heavy atom. The maximum Gasteiger partial charge on any atom is 0.0516 e. The first-order valence-corrected chi connectivity index (χ1v) is 7.92. The van der Waals surface area contributed by atoms with Crippen LogP contribution < -0.4 is 5.32 Å². The molecule has 3 heteroatoms. The van der Waals surface area contributed by atoms with Crippen LogP contribution in [-0.4, -0.2) is 0 Å². The first-order chi connectivity index (χ1) is 9.15. The average Bonchev–Trinajstić information content (AvgIpc) is 2.81. The highest BCUT2D eigenvalue weighted by molar-refractivity contribution is 7.10. The zero-order chi connectivity index (χ0) is 13.7. The molecule has 19 heavy (non-hydrogen) atoms. The Bertz CT molecular complexity index is 492. The van der Waals surface area contributed by atoms with Crippen molar-refractivity contribution in [2.45, 2.75) is 32.9 Å². The highest BCUT2D eigenvalue weighted by Gasteiger charge is 2.12. The highest BCUT2D eigenvalue weighted by atomic mass is 35.5. The monoisotopic (exact) mass is 293 g/mol. The van der Waals surface area contributed by atoms with Gasteiger partial charge in [-0.2, -0.15) is 0 Å². The van der Waals surface area contributed by atoms with E-state index >= 15 is 0 Å². The van der Waals surface area contributed by atoms with Crippen LogP contribution in [0.3, 0.4) is 0 Å². The SMILES string of the molecule is CC(C)CC(NCc1cc(Cl)cs1)c1ccccc1. The molecule has 0 saturated heterocycles. The number of hydrogen-bond donors (Lipinski definition) is 1. The molecule has 1 heterocycles. The van der Waals surface area contributed by atoms with Crippen molar-refractivity contribution in [3.05, 3.63) is 57.2 Å². The number of nitrogens with one attached hydrogen (secondary N) is 1. The molecule has 0 aliphatic carbocycles. The van der Waals surface area contributed by atoms with Gasteiger partial charge in [-0.05, 0) is 24.0 Å². The number of benzene rings is 1. The van der Waals surface area contributed by atoms with Gasteiger partial charge in [0, 0.05) is 22.8 Å². The second-order valence-electron chi connectivity index (χ2n) is 5.20. The number of halogens is 1. The summed E-state index contributed by atoms with van der Waals surface area (Å²) >= 11 is 7.67. The Kier molecular flexibility index (Phi) is 5.44. The van der Waals surface area contributed by atoms with Crippen LogP contribution in [0.25, 0.3) is 0 Å². The molecule has 0 bridgehead atoms. The second-order valence-corrected chi connectivity index (χ2v) is 6.64. The predicted octanol–water partition coefficient (Wildman–Crippen LogP) is 5.28. The Labute approximate surface area is 124 Å². The quantitative estimate of drug-likeness (QED) is 0.764. The normalized spacial score (nSPS) is 12.8. The summed E-state index contributed by atoms with van der Waals surface area (Å²) in [6, 6.07) is 13.1. The van der Waals surface area contributed by atoms with E-state index in [-0.39, 0.29) is 0 Å². The van der Waals surface area contributed by atoms with Gasteiger partial charge in [-0.15, -0.1) is 11.3 Å². The molecule has 2 aromatic rings. The third-order valence-electron chi connectivity index (χ3n) is 3.05. The van der Waals surface area contributed by atoms with Gasteiger partial charge in [0.05, 0.1) is 5.02 Å². The lowest BCUT2D eigenvalue weighted by Gasteiger charge is -2.21. The summed E-state index contributed by atoms with van der Waals surface area (Å²) in [6.07, 6.45) is 1.14. The first-order valence-electron chi connectivity index (χ1n) is 6.66. The van der Waals surface area contributed by atoms with E-state index in [1.807, 2.05) is 11.4 Å². The molecular weight excluding hydrogens is 274 g/mol. The van der Waals surface area contributed by atoms with Crippen LogP contribution in [0.4, 0.5) is 0 Å². The summed E-state index contributed by atoms with van der Waals surface area (Å²) in [5.41, 5.74) is 1.36. The zero-order valence-corrected chi connectivity index (χ0v) is 13.0. The molecule has 1 nitrogen and oxygen atoms in total. The van der Waals surface area contributed by atoms with Gasteiger partial charge in [0.1, 0.15) is 0 Å². The van der Waals surface area contributed by atoms with Crippen LogP contribution in [0.1, 0.15) is 36.8 Å². The number of thiophene rings is 1. The first kappa shape index (κ1) is 14.6. The fourth-order valence-electron chi connectivity index (χ4n) is 2.16. The van der Waals surface area contributed by atoms with Crippen molar-refractivity contribution in [2.75, 3.05) is 0 Å². The molecule has 0 fully saturated rings. The Morgan fingerprint density at radius 3 is 2.53 bits per heavy atom. The smallest absolute Gasteiger partial charge is 0.0516 e. The molecule has 2 rings (SSSR count). The van der Waals surface area contributed by atoms with Gasteiger partial charge in [0.25, 0.3) is 0 Å². The van der Waals surface area contributed by atoms with Gasteiger partial charge in [0.15, 0.2) is 0 Å². The summed E-state index contributed by atoms with van der Waals surface area (Å²) in [5, 5.41) is 6.47. The number of rotatable bonds is 6. The fourth-order valence-corrected chi connectivity index (χ4v) is 3.19. The lowest BCUT2D eigenvalue weighted by Crippen LogP contribution is -2.22. The van der Waals surface area contributed by atoms with Crippen molar-refractivity contribution in [1.29, 1.82) is 0 Å². The van der Waals surface area contributed by atoms with Crippen molar-refractivity contribution in [3.63, 3.8) is 0 Å². The maximum atomic E-state index is 5.96. The Balaban J connectivity index is 2.02. The van der Waals surface area contributed by atoms with Crippen LogP contribution in [0, 0.1) is 5.92 Å². The van der Waals surface area contributed by atoms with Crippen LogP contribution in [0.15, 0.2) is 41.8 Å².